The molecule has 7 nitrogen and oxygen atoms in total. The van der Waals surface area contributed by atoms with Gasteiger partial charge in [0.15, 0.2) is 11.6 Å². The molecule has 26 heavy (non-hydrogen) atoms. The van der Waals surface area contributed by atoms with Gasteiger partial charge in [0.05, 0.1) is 10.0 Å². The highest BCUT2D eigenvalue weighted by molar-refractivity contribution is 6.43. The van der Waals surface area contributed by atoms with Gasteiger partial charge in [-0.15, -0.1) is 10.2 Å². The summed E-state index contributed by atoms with van der Waals surface area (Å²) >= 11 is 12.2. The number of nitrogens with two attached hydrogens (primary N) is 1. The van der Waals surface area contributed by atoms with Gasteiger partial charge >= 0.3 is 5.97 Å². The number of hydrogen-bond donors (Lipinski definition) is 2. The van der Waals surface area contributed by atoms with Crippen LogP contribution in [-0.4, -0.2) is 39.5 Å². The lowest BCUT2D eigenvalue weighted by Gasteiger charge is -2.08. The molecule has 0 aliphatic heterocycles. The molecule has 140 valence electrons. The lowest BCUT2D eigenvalue weighted by molar-refractivity contribution is -0.137. The summed E-state index contributed by atoms with van der Waals surface area (Å²) in [5.74, 6) is -0.0117. The van der Waals surface area contributed by atoms with Crippen LogP contribution in [0.3, 0.4) is 0 Å². The van der Waals surface area contributed by atoms with E-state index in [9.17, 15) is 4.79 Å². The number of anilines is 1. The Balaban J connectivity index is 1.81. The van der Waals surface area contributed by atoms with Crippen LogP contribution < -0.4 is 5.73 Å². The van der Waals surface area contributed by atoms with Crippen LogP contribution in [-0.2, 0) is 16.0 Å². The zero-order valence-corrected chi connectivity index (χ0v) is 15.6. The number of carboxylic acid groups (broad SMARTS) is 1. The predicted octanol–water partition coefficient (Wildman–Crippen LogP) is 3.63. The number of ether oxygens (including phenoxy) is 1. The maximum Gasteiger partial charge on any atom is 0.303 e. The molecule has 1 heterocycles. The van der Waals surface area contributed by atoms with Gasteiger partial charge in [-0.2, -0.15) is 0 Å². The van der Waals surface area contributed by atoms with Crippen molar-refractivity contribution >= 4 is 35.0 Å². The molecule has 9 heteroatoms. The molecule has 0 aliphatic rings. The van der Waals surface area contributed by atoms with Crippen molar-refractivity contribution < 1.29 is 14.6 Å². The summed E-state index contributed by atoms with van der Waals surface area (Å²) in [4.78, 5) is 14.7. The summed E-state index contributed by atoms with van der Waals surface area (Å²) in [5, 5.41) is 17.5. The monoisotopic (exact) mass is 398 g/mol. The average Bonchev–Trinajstić information content (AvgIpc) is 2.60. The largest absolute Gasteiger partial charge is 0.481 e. The molecule has 0 saturated heterocycles. The number of aryl methyl sites for hydroxylation is 1. The van der Waals surface area contributed by atoms with Crippen LogP contribution in [0, 0.1) is 0 Å². The molecule has 0 fully saturated rings. The molecule has 0 unspecified atom stereocenters. The molecule has 2 rings (SSSR count). The number of hydrogen-bond acceptors (Lipinski definition) is 6. The van der Waals surface area contributed by atoms with Gasteiger partial charge in [-0.05, 0) is 25.3 Å². The minimum absolute atomic E-state index is 0.172. The van der Waals surface area contributed by atoms with E-state index >= 15 is 0 Å². The topological polar surface area (TPSA) is 111 Å². The van der Waals surface area contributed by atoms with E-state index in [4.69, 9.17) is 38.8 Å². The number of carboxylic acids is 1. The highest BCUT2D eigenvalue weighted by Gasteiger charge is 2.13. The van der Waals surface area contributed by atoms with Crippen molar-refractivity contribution in [3.63, 3.8) is 0 Å². The van der Waals surface area contributed by atoms with Gasteiger partial charge in [0.25, 0.3) is 0 Å². The number of nitrogens with zero attached hydrogens (tertiary/aromatic N) is 3. The lowest BCUT2D eigenvalue weighted by Crippen LogP contribution is -2.07. The van der Waals surface area contributed by atoms with E-state index < -0.39 is 5.97 Å². The Hall–Kier alpha value is -1.96. The van der Waals surface area contributed by atoms with Gasteiger partial charge in [-0.1, -0.05) is 35.3 Å². The summed E-state index contributed by atoms with van der Waals surface area (Å²) in [7, 11) is 0. The fraction of sp³-hybridized carbons (Fsp3) is 0.412. The van der Waals surface area contributed by atoms with Crippen LogP contribution in [0.15, 0.2) is 18.2 Å². The quantitative estimate of drug-likeness (QED) is 0.587. The lowest BCUT2D eigenvalue weighted by atomic mass is 10.1. The minimum Gasteiger partial charge on any atom is -0.481 e. The number of nitrogen functional groups attached to an aromatic ring is 1. The number of benzene rings is 1. The number of aromatic nitrogens is 3. The second-order valence-electron chi connectivity index (χ2n) is 5.63. The highest BCUT2D eigenvalue weighted by Crippen LogP contribution is 2.34. The first-order valence-electron chi connectivity index (χ1n) is 8.22. The molecule has 0 spiro atoms. The number of carbonyl (C=O) groups is 1. The Morgan fingerprint density at radius 1 is 1.15 bits per heavy atom. The summed E-state index contributed by atoms with van der Waals surface area (Å²) in [6.45, 7) is 1.08. The van der Waals surface area contributed by atoms with Gasteiger partial charge in [-0.25, -0.2) is 4.98 Å². The highest BCUT2D eigenvalue weighted by atomic mass is 35.5. The van der Waals surface area contributed by atoms with E-state index in [2.05, 4.69) is 15.2 Å². The third kappa shape index (κ3) is 6.09. The number of aliphatic carboxylic acids is 1. The molecule has 1 aromatic carbocycles. The molecule has 0 atom stereocenters. The Morgan fingerprint density at radius 2 is 1.92 bits per heavy atom. The van der Waals surface area contributed by atoms with E-state index in [1.807, 2.05) is 0 Å². The van der Waals surface area contributed by atoms with Crippen molar-refractivity contribution in [3.05, 3.63) is 34.1 Å². The van der Waals surface area contributed by atoms with E-state index in [1.54, 1.807) is 18.2 Å². The normalized spacial score (nSPS) is 10.8. The van der Waals surface area contributed by atoms with Gasteiger partial charge in [-0.3, -0.25) is 4.79 Å². The number of rotatable bonds is 10. The maximum absolute atomic E-state index is 10.4. The Kier molecular flexibility index (Phi) is 8.03. The van der Waals surface area contributed by atoms with Crippen molar-refractivity contribution in [1.29, 1.82) is 0 Å². The standard InChI is InChI=1S/C17H20Cl2N4O3/c18-12-6-3-5-11(15(12)19)16-17(20)21-13(22-23-16)7-4-10-26-9-2-1-8-14(24)25/h3,5-6H,1-2,4,7-10H2,(H,24,25)(H2,20,21,22). The second kappa shape index (κ2) is 10.3. The van der Waals surface area contributed by atoms with E-state index in [0.717, 1.165) is 12.8 Å². The molecule has 1 aromatic heterocycles. The van der Waals surface area contributed by atoms with Crippen molar-refractivity contribution in [3.8, 4) is 11.3 Å². The zero-order valence-electron chi connectivity index (χ0n) is 14.1. The van der Waals surface area contributed by atoms with Gasteiger partial charge in [0, 0.05) is 31.6 Å². The molecule has 0 saturated carbocycles. The van der Waals surface area contributed by atoms with E-state index in [1.165, 1.54) is 0 Å². The van der Waals surface area contributed by atoms with E-state index in [-0.39, 0.29) is 12.2 Å². The fourth-order valence-corrected chi connectivity index (χ4v) is 2.66. The molecular weight excluding hydrogens is 379 g/mol. The molecule has 0 bridgehead atoms. The van der Waals surface area contributed by atoms with Crippen LogP contribution in [0.4, 0.5) is 5.82 Å². The van der Waals surface area contributed by atoms with Gasteiger partial charge in [0.1, 0.15) is 5.69 Å². The molecular formula is C17H20Cl2N4O3. The van der Waals surface area contributed by atoms with Crippen LogP contribution in [0.5, 0.6) is 0 Å². The summed E-state index contributed by atoms with van der Waals surface area (Å²) < 4.78 is 5.46. The maximum atomic E-state index is 10.4. The Labute approximate surface area is 161 Å². The summed E-state index contributed by atoms with van der Waals surface area (Å²) in [6, 6.07) is 5.20. The van der Waals surface area contributed by atoms with Crippen LogP contribution >= 0.6 is 23.2 Å². The molecule has 0 amide bonds. The zero-order chi connectivity index (χ0) is 18.9. The third-order valence-electron chi connectivity index (χ3n) is 3.58. The second-order valence-corrected chi connectivity index (χ2v) is 6.42. The molecule has 0 aliphatic carbocycles. The summed E-state index contributed by atoms with van der Waals surface area (Å²) in [6.07, 6.45) is 2.82. The third-order valence-corrected chi connectivity index (χ3v) is 4.40. The molecule has 0 radical (unpaired) electrons. The van der Waals surface area contributed by atoms with Crippen LogP contribution in [0.2, 0.25) is 10.0 Å². The first-order chi connectivity index (χ1) is 12.5. The van der Waals surface area contributed by atoms with Crippen LogP contribution in [0.1, 0.15) is 31.5 Å². The van der Waals surface area contributed by atoms with E-state index in [0.29, 0.717) is 53.2 Å². The van der Waals surface area contributed by atoms with Crippen molar-refractivity contribution in [1.82, 2.24) is 15.2 Å². The first-order valence-corrected chi connectivity index (χ1v) is 8.97. The van der Waals surface area contributed by atoms with Gasteiger partial charge < -0.3 is 15.6 Å². The summed E-state index contributed by atoms with van der Waals surface area (Å²) in [5.41, 5.74) is 6.98. The molecule has 2 aromatic rings. The Bertz CT molecular complexity index is 759. The average molecular weight is 399 g/mol. The van der Waals surface area contributed by atoms with Gasteiger partial charge in [0.2, 0.25) is 0 Å². The number of halogens is 2. The van der Waals surface area contributed by atoms with Crippen molar-refractivity contribution in [2.24, 2.45) is 0 Å². The predicted molar refractivity (Wildman–Crippen MR) is 100 cm³/mol. The fourth-order valence-electron chi connectivity index (χ4n) is 2.27. The number of unbranched alkanes of at least 4 members (excludes halogenated alkanes) is 1. The minimum atomic E-state index is -0.783. The van der Waals surface area contributed by atoms with Crippen molar-refractivity contribution in [2.45, 2.75) is 32.1 Å². The molecule has 3 N–H and O–H groups in total. The Morgan fingerprint density at radius 3 is 2.65 bits per heavy atom. The first kappa shape index (κ1) is 20.4. The smallest absolute Gasteiger partial charge is 0.303 e. The van der Waals surface area contributed by atoms with Crippen molar-refractivity contribution in [2.75, 3.05) is 18.9 Å². The van der Waals surface area contributed by atoms with Crippen LogP contribution in [0.25, 0.3) is 11.3 Å². The SMILES string of the molecule is Nc1nc(CCCOCCCCC(=O)O)nnc1-c1cccc(Cl)c1Cl.